The normalized spacial score (nSPS) is 11.0. The van der Waals surface area contributed by atoms with E-state index in [1.54, 1.807) is 6.92 Å². The van der Waals surface area contributed by atoms with Gasteiger partial charge in [0.05, 0.1) is 11.2 Å². The van der Waals surface area contributed by atoms with Crippen molar-refractivity contribution in [3.63, 3.8) is 0 Å². The van der Waals surface area contributed by atoms with E-state index in [2.05, 4.69) is 48.6 Å². The molecule has 1 heterocycles. The van der Waals surface area contributed by atoms with Crippen LogP contribution in [0, 0.1) is 0 Å². The molecule has 0 saturated carbocycles. The summed E-state index contributed by atoms with van der Waals surface area (Å²) < 4.78 is 0. The summed E-state index contributed by atoms with van der Waals surface area (Å²) in [5.74, 6) is 0.182. The fourth-order valence-corrected chi connectivity index (χ4v) is 3.15. The van der Waals surface area contributed by atoms with Gasteiger partial charge in [0.25, 0.3) is 0 Å². The standard InChI is InChI=1S/C23H26N2O/c1-3-4-13-24-16-20-15-23(25-22-8-6-5-7-21(20)22)19-11-9-18(10-12-19)14-17(2)26/h5-12,15,24H,3-4,13-14,16H2,1-2H3. The molecule has 0 atom stereocenters. The third-order valence-corrected chi connectivity index (χ3v) is 4.53. The zero-order chi connectivity index (χ0) is 18.4. The molecule has 0 amide bonds. The molecule has 0 aliphatic carbocycles. The Morgan fingerprint density at radius 1 is 1.08 bits per heavy atom. The highest BCUT2D eigenvalue weighted by molar-refractivity contribution is 5.85. The van der Waals surface area contributed by atoms with E-state index in [0.717, 1.165) is 35.4 Å². The number of hydrogen-bond donors (Lipinski definition) is 1. The van der Waals surface area contributed by atoms with Crippen LogP contribution in [0.2, 0.25) is 0 Å². The maximum atomic E-state index is 11.3. The number of carbonyl (C=O) groups excluding carboxylic acids is 1. The van der Waals surface area contributed by atoms with Gasteiger partial charge in [-0.3, -0.25) is 4.79 Å². The van der Waals surface area contributed by atoms with Crippen LogP contribution in [0.15, 0.2) is 54.6 Å². The molecule has 26 heavy (non-hydrogen) atoms. The summed E-state index contributed by atoms with van der Waals surface area (Å²) in [6.45, 7) is 5.70. The van der Waals surface area contributed by atoms with Crippen LogP contribution in [0.5, 0.6) is 0 Å². The Hall–Kier alpha value is -2.52. The molecule has 0 spiro atoms. The van der Waals surface area contributed by atoms with E-state index in [9.17, 15) is 4.79 Å². The second-order valence-electron chi connectivity index (χ2n) is 6.79. The molecule has 0 unspecified atom stereocenters. The summed E-state index contributed by atoms with van der Waals surface area (Å²) in [5, 5.41) is 4.74. The summed E-state index contributed by atoms with van der Waals surface area (Å²) in [6.07, 6.45) is 2.87. The van der Waals surface area contributed by atoms with E-state index in [0.29, 0.717) is 6.42 Å². The molecule has 3 aromatic rings. The first-order chi connectivity index (χ1) is 12.7. The number of fused-ring (bicyclic) bond motifs is 1. The zero-order valence-electron chi connectivity index (χ0n) is 15.6. The van der Waals surface area contributed by atoms with Gasteiger partial charge in [0.2, 0.25) is 0 Å². The highest BCUT2D eigenvalue weighted by atomic mass is 16.1. The summed E-state index contributed by atoms with van der Waals surface area (Å²) >= 11 is 0. The topological polar surface area (TPSA) is 42.0 Å². The minimum Gasteiger partial charge on any atom is -0.313 e. The van der Waals surface area contributed by atoms with Gasteiger partial charge in [0.1, 0.15) is 5.78 Å². The monoisotopic (exact) mass is 346 g/mol. The fourth-order valence-electron chi connectivity index (χ4n) is 3.15. The molecule has 1 N–H and O–H groups in total. The molecule has 0 bridgehead atoms. The molecule has 134 valence electrons. The van der Waals surface area contributed by atoms with Gasteiger partial charge >= 0.3 is 0 Å². The number of nitrogens with zero attached hydrogens (tertiary/aromatic N) is 1. The van der Waals surface area contributed by atoms with Gasteiger partial charge in [-0.25, -0.2) is 4.98 Å². The predicted molar refractivity (Wildman–Crippen MR) is 108 cm³/mol. The minimum absolute atomic E-state index is 0.182. The van der Waals surface area contributed by atoms with E-state index in [-0.39, 0.29) is 5.78 Å². The smallest absolute Gasteiger partial charge is 0.134 e. The maximum Gasteiger partial charge on any atom is 0.134 e. The predicted octanol–water partition coefficient (Wildman–Crippen LogP) is 4.92. The third-order valence-electron chi connectivity index (χ3n) is 4.53. The first kappa shape index (κ1) is 18.3. The van der Waals surface area contributed by atoms with Crippen LogP contribution in [-0.4, -0.2) is 17.3 Å². The van der Waals surface area contributed by atoms with E-state index in [4.69, 9.17) is 4.98 Å². The van der Waals surface area contributed by atoms with E-state index >= 15 is 0 Å². The van der Waals surface area contributed by atoms with E-state index < -0.39 is 0 Å². The fraction of sp³-hybridized carbons (Fsp3) is 0.304. The van der Waals surface area contributed by atoms with Crippen molar-refractivity contribution < 1.29 is 4.79 Å². The van der Waals surface area contributed by atoms with Crippen molar-refractivity contribution in [2.24, 2.45) is 0 Å². The average Bonchev–Trinajstić information content (AvgIpc) is 2.65. The number of benzene rings is 2. The second-order valence-corrected chi connectivity index (χ2v) is 6.79. The van der Waals surface area contributed by atoms with Crippen molar-refractivity contribution in [3.8, 4) is 11.3 Å². The highest BCUT2D eigenvalue weighted by Gasteiger charge is 2.08. The molecule has 0 saturated heterocycles. The molecule has 0 aliphatic rings. The lowest BCUT2D eigenvalue weighted by Gasteiger charge is -2.11. The molecule has 0 radical (unpaired) electrons. The SMILES string of the molecule is CCCCNCc1cc(-c2ccc(CC(C)=O)cc2)nc2ccccc12. The van der Waals surface area contributed by atoms with Crippen LogP contribution >= 0.6 is 0 Å². The van der Waals surface area contributed by atoms with Crippen molar-refractivity contribution in [1.82, 2.24) is 10.3 Å². The molecule has 3 rings (SSSR count). The zero-order valence-corrected chi connectivity index (χ0v) is 15.6. The summed E-state index contributed by atoms with van der Waals surface area (Å²) in [5.41, 5.74) is 5.39. The van der Waals surface area contributed by atoms with Crippen molar-refractivity contribution in [3.05, 3.63) is 65.7 Å². The first-order valence-corrected chi connectivity index (χ1v) is 9.35. The van der Waals surface area contributed by atoms with Gasteiger partial charge in [-0.15, -0.1) is 0 Å². The lowest BCUT2D eigenvalue weighted by Crippen LogP contribution is -2.15. The number of aromatic nitrogens is 1. The van der Waals surface area contributed by atoms with Gasteiger partial charge in [-0.1, -0.05) is 55.8 Å². The van der Waals surface area contributed by atoms with Crippen molar-refractivity contribution >= 4 is 16.7 Å². The van der Waals surface area contributed by atoms with E-state index in [1.807, 2.05) is 18.2 Å². The Morgan fingerprint density at radius 3 is 2.58 bits per heavy atom. The van der Waals surface area contributed by atoms with Crippen LogP contribution in [0.1, 0.15) is 37.8 Å². The Morgan fingerprint density at radius 2 is 1.85 bits per heavy atom. The number of hydrogen-bond acceptors (Lipinski definition) is 3. The molecule has 1 aromatic heterocycles. The lowest BCUT2D eigenvalue weighted by molar-refractivity contribution is -0.116. The van der Waals surface area contributed by atoms with Gasteiger partial charge in [0.15, 0.2) is 0 Å². The second kappa shape index (κ2) is 8.72. The Labute approximate surface area is 155 Å². The van der Waals surface area contributed by atoms with Gasteiger partial charge in [-0.2, -0.15) is 0 Å². The van der Waals surface area contributed by atoms with Gasteiger partial charge in [-0.05, 0) is 43.1 Å². The maximum absolute atomic E-state index is 11.3. The van der Waals surface area contributed by atoms with Crippen LogP contribution in [0.3, 0.4) is 0 Å². The Bertz CT molecular complexity index is 884. The number of carbonyl (C=O) groups is 1. The largest absolute Gasteiger partial charge is 0.313 e. The number of para-hydroxylation sites is 1. The molecule has 0 fully saturated rings. The number of nitrogens with one attached hydrogen (secondary N) is 1. The molecular weight excluding hydrogens is 320 g/mol. The summed E-state index contributed by atoms with van der Waals surface area (Å²) in [6, 6.07) is 18.6. The average molecular weight is 346 g/mol. The lowest BCUT2D eigenvalue weighted by atomic mass is 10.0. The third kappa shape index (κ3) is 4.55. The first-order valence-electron chi connectivity index (χ1n) is 9.35. The van der Waals surface area contributed by atoms with Crippen molar-refractivity contribution in [1.29, 1.82) is 0 Å². The highest BCUT2D eigenvalue weighted by Crippen LogP contribution is 2.25. The number of pyridine rings is 1. The van der Waals surface area contributed by atoms with Crippen LogP contribution in [-0.2, 0) is 17.8 Å². The molecule has 2 aromatic carbocycles. The Kier molecular flexibility index (Phi) is 6.13. The van der Waals surface area contributed by atoms with Gasteiger partial charge < -0.3 is 5.32 Å². The number of unbranched alkanes of at least 4 members (excludes halogenated alkanes) is 1. The quantitative estimate of drug-likeness (QED) is 0.589. The van der Waals surface area contributed by atoms with Crippen LogP contribution in [0.25, 0.3) is 22.2 Å². The Balaban J connectivity index is 1.91. The van der Waals surface area contributed by atoms with Crippen LogP contribution in [0.4, 0.5) is 0 Å². The minimum atomic E-state index is 0.182. The molecular formula is C23H26N2O. The molecule has 0 aliphatic heterocycles. The molecule has 3 nitrogen and oxygen atoms in total. The van der Waals surface area contributed by atoms with Gasteiger partial charge in [0, 0.05) is 23.9 Å². The van der Waals surface area contributed by atoms with E-state index in [1.165, 1.54) is 23.8 Å². The summed E-state index contributed by atoms with van der Waals surface area (Å²) in [7, 11) is 0. The summed E-state index contributed by atoms with van der Waals surface area (Å²) in [4.78, 5) is 16.1. The number of Topliss-reactive ketones (excluding diaryl/α,β-unsaturated/α-hetero) is 1. The van der Waals surface area contributed by atoms with Crippen LogP contribution < -0.4 is 5.32 Å². The van der Waals surface area contributed by atoms with Crippen molar-refractivity contribution in [2.45, 2.75) is 39.7 Å². The van der Waals surface area contributed by atoms with Crippen molar-refractivity contribution in [2.75, 3.05) is 6.54 Å². The number of ketones is 1. The number of rotatable bonds is 8. The molecule has 3 heteroatoms.